The summed E-state index contributed by atoms with van der Waals surface area (Å²) >= 11 is 0. The average Bonchev–Trinajstić information content (AvgIpc) is 2.72. The van der Waals surface area contributed by atoms with Crippen molar-refractivity contribution in [2.45, 2.75) is 0 Å². The van der Waals surface area contributed by atoms with Gasteiger partial charge in [-0.05, 0) is 48.0 Å². The normalized spacial score (nSPS) is 10.5. The second-order valence-corrected chi connectivity index (χ2v) is 5.73. The summed E-state index contributed by atoms with van der Waals surface area (Å²) in [4.78, 5) is 25.0. The minimum Gasteiger partial charge on any atom is -0.497 e. The molecule has 0 bridgehead atoms. The number of benzene rings is 2. The van der Waals surface area contributed by atoms with Gasteiger partial charge >= 0.3 is 5.97 Å². The minimum atomic E-state index is -0.403. The van der Waals surface area contributed by atoms with E-state index in [1.54, 1.807) is 49.4 Å². The first-order valence-electron chi connectivity index (χ1n) is 8.42. The summed E-state index contributed by atoms with van der Waals surface area (Å²) in [6.45, 7) is 0.824. The number of hydrogen-bond acceptors (Lipinski definition) is 5. The summed E-state index contributed by atoms with van der Waals surface area (Å²) < 4.78 is 15.3. The number of methoxy groups -OCH3 is 2. The van der Waals surface area contributed by atoms with Crippen molar-refractivity contribution in [1.29, 1.82) is 0 Å². The monoisotopic (exact) mass is 369 g/mol. The van der Waals surface area contributed by atoms with Crippen molar-refractivity contribution in [1.82, 2.24) is 4.90 Å². The van der Waals surface area contributed by atoms with Crippen LogP contribution in [-0.4, -0.2) is 51.2 Å². The molecule has 2 aromatic rings. The van der Waals surface area contributed by atoms with E-state index in [1.165, 1.54) is 13.2 Å². The average molecular weight is 369 g/mol. The smallest absolute Gasteiger partial charge is 0.330 e. The Bertz CT molecular complexity index is 781. The van der Waals surface area contributed by atoms with E-state index >= 15 is 0 Å². The highest BCUT2D eigenvalue weighted by molar-refractivity contribution is 5.94. The first-order valence-corrected chi connectivity index (χ1v) is 8.42. The summed E-state index contributed by atoms with van der Waals surface area (Å²) in [5.41, 5.74) is 1.46. The summed E-state index contributed by atoms with van der Waals surface area (Å²) in [6.07, 6.45) is 3.02. The molecule has 0 fully saturated rings. The largest absolute Gasteiger partial charge is 0.497 e. The van der Waals surface area contributed by atoms with Crippen LogP contribution < -0.4 is 9.47 Å². The van der Waals surface area contributed by atoms with Gasteiger partial charge in [0, 0.05) is 18.7 Å². The number of nitrogens with zero attached hydrogens (tertiary/aromatic N) is 1. The Kier molecular flexibility index (Phi) is 7.43. The number of ether oxygens (including phenoxy) is 3. The number of amides is 1. The topological polar surface area (TPSA) is 65.1 Å². The van der Waals surface area contributed by atoms with E-state index in [1.807, 2.05) is 24.3 Å². The van der Waals surface area contributed by atoms with Crippen LogP contribution in [-0.2, 0) is 9.53 Å². The highest BCUT2D eigenvalue weighted by atomic mass is 16.5. The highest BCUT2D eigenvalue weighted by Gasteiger charge is 2.11. The molecule has 6 heteroatoms. The van der Waals surface area contributed by atoms with E-state index in [4.69, 9.17) is 9.47 Å². The van der Waals surface area contributed by atoms with Gasteiger partial charge in [0.15, 0.2) is 0 Å². The van der Waals surface area contributed by atoms with Gasteiger partial charge in [0.1, 0.15) is 18.1 Å². The summed E-state index contributed by atoms with van der Waals surface area (Å²) in [5, 5.41) is 0. The van der Waals surface area contributed by atoms with Crippen molar-refractivity contribution in [3.05, 3.63) is 65.7 Å². The van der Waals surface area contributed by atoms with Crippen LogP contribution in [0.4, 0.5) is 0 Å². The summed E-state index contributed by atoms with van der Waals surface area (Å²) in [6, 6.07) is 14.3. The second kappa shape index (κ2) is 10.0. The van der Waals surface area contributed by atoms with Crippen LogP contribution in [0, 0.1) is 0 Å². The van der Waals surface area contributed by atoms with E-state index in [-0.39, 0.29) is 5.91 Å². The van der Waals surface area contributed by atoms with Crippen LogP contribution in [0.1, 0.15) is 15.9 Å². The first-order chi connectivity index (χ1) is 13.0. The van der Waals surface area contributed by atoms with E-state index in [0.717, 1.165) is 5.56 Å². The van der Waals surface area contributed by atoms with Gasteiger partial charge < -0.3 is 19.1 Å². The van der Waals surface area contributed by atoms with Crippen molar-refractivity contribution in [2.24, 2.45) is 0 Å². The van der Waals surface area contributed by atoms with E-state index in [0.29, 0.717) is 30.2 Å². The lowest BCUT2D eigenvalue weighted by atomic mass is 10.2. The molecule has 0 aliphatic heterocycles. The van der Waals surface area contributed by atoms with Crippen molar-refractivity contribution in [3.63, 3.8) is 0 Å². The van der Waals surface area contributed by atoms with Crippen LogP contribution in [0.15, 0.2) is 54.6 Å². The Hall–Kier alpha value is -3.28. The predicted octanol–water partition coefficient (Wildman–Crippen LogP) is 3.03. The van der Waals surface area contributed by atoms with Gasteiger partial charge in [0.05, 0.1) is 20.8 Å². The molecule has 0 aliphatic carbocycles. The van der Waals surface area contributed by atoms with Crippen molar-refractivity contribution >= 4 is 18.0 Å². The third-order valence-electron chi connectivity index (χ3n) is 3.87. The third-order valence-corrected chi connectivity index (χ3v) is 3.87. The van der Waals surface area contributed by atoms with E-state index in [2.05, 4.69) is 4.74 Å². The lowest BCUT2D eigenvalue weighted by molar-refractivity contribution is -0.134. The van der Waals surface area contributed by atoms with Gasteiger partial charge in [-0.3, -0.25) is 4.79 Å². The SMILES string of the molecule is COC(=O)/C=C/c1ccc(OCCN(C)C(=O)c2ccc(OC)cc2)cc1. The van der Waals surface area contributed by atoms with Crippen LogP contribution in [0.25, 0.3) is 6.08 Å². The van der Waals surface area contributed by atoms with Gasteiger partial charge in [-0.25, -0.2) is 4.79 Å². The molecule has 0 atom stereocenters. The fraction of sp³-hybridized carbons (Fsp3) is 0.238. The highest BCUT2D eigenvalue weighted by Crippen LogP contribution is 2.14. The minimum absolute atomic E-state index is 0.0791. The maximum absolute atomic E-state index is 12.4. The number of carbonyl (C=O) groups excluding carboxylic acids is 2. The van der Waals surface area contributed by atoms with Crippen molar-refractivity contribution < 1.29 is 23.8 Å². The molecule has 0 saturated carbocycles. The zero-order valence-electron chi connectivity index (χ0n) is 15.7. The molecule has 0 N–H and O–H groups in total. The van der Waals surface area contributed by atoms with Crippen LogP contribution in [0.5, 0.6) is 11.5 Å². The van der Waals surface area contributed by atoms with Gasteiger partial charge in [-0.1, -0.05) is 12.1 Å². The molecule has 0 heterocycles. The number of rotatable bonds is 8. The van der Waals surface area contributed by atoms with Crippen LogP contribution >= 0.6 is 0 Å². The number of likely N-dealkylation sites (N-methyl/N-ethyl adjacent to an activating group) is 1. The molecule has 142 valence electrons. The summed E-state index contributed by atoms with van der Waals surface area (Å²) in [7, 11) is 4.65. The third kappa shape index (κ3) is 6.18. The molecule has 0 aromatic heterocycles. The quantitative estimate of drug-likeness (QED) is 0.529. The molecule has 6 nitrogen and oxygen atoms in total. The number of esters is 1. The molecule has 1 amide bonds. The van der Waals surface area contributed by atoms with Crippen molar-refractivity contribution in [3.8, 4) is 11.5 Å². The van der Waals surface area contributed by atoms with Gasteiger partial charge in [-0.2, -0.15) is 0 Å². The summed E-state index contributed by atoms with van der Waals surface area (Å²) in [5.74, 6) is 0.919. The molecule has 0 spiro atoms. The molecule has 0 unspecified atom stereocenters. The molecular weight excluding hydrogens is 346 g/mol. The Balaban J connectivity index is 1.81. The van der Waals surface area contributed by atoms with E-state index in [9.17, 15) is 9.59 Å². The molecule has 0 radical (unpaired) electrons. The Morgan fingerprint density at radius 3 is 2.19 bits per heavy atom. The Labute approximate surface area is 159 Å². The Morgan fingerprint density at radius 1 is 0.963 bits per heavy atom. The molecule has 0 aliphatic rings. The number of hydrogen-bond donors (Lipinski definition) is 0. The maximum atomic E-state index is 12.4. The molecule has 2 aromatic carbocycles. The lowest BCUT2D eigenvalue weighted by Gasteiger charge is -2.17. The first kappa shape index (κ1) is 20.0. The van der Waals surface area contributed by atoms with Gasteiger partial charge in [-0.15, -0.1) is 0 Å². The molecule has 0 saturated heterocycles. The lowest BCUT2D eigenvalue weighted by Crippen LogP contribution is -2.30. The van der Waals surface area contributed by atoms with E-state index < -0.39 is 5.97 Å². The fourth-order valence-electron chi connectivity index (χ4n) is 2.26. The van der Waals surface area contributed by atoms with Crippen LogP contribution in [0.2, 0.25) is 0 Å². The second-order valence-electron chi connectivity index (χ2n) is 5.73. The fourth-order valence-corrected chi connectivity index (χ4v) is 2.26. The van der Waals surface area contributed by atoms with Gasteiger partial charge in [0.2, 0.25) is 0 Å². The molecule has 2 rings (SSSR count). The molecular formula is C21H23NO5. The molecule has 27 heavy (non-hydrogen) atoms. The zero-order chi connectivity index (χ0) is 19.6. The van der Waals surface area contributed by atoms with Crippen LogP contribution in [0.3, 0.4) is 0 Å². The zero-order valence-corrected chi connectivity index (χ0v) is 15.7. The standard InChI is InChI=1S/C21H23NO5/c1-22(21(24)17-7-11-18(25-2)12-8-17)14-15-27-19-9-4-16(5-10-19)6-13-20(23)26-3/h4-13H,14-15H2,1-3H3/b13-6+. The predicted molar refractivity (Wildman–Crippen MR) is 103 cm³/mol. The Morgan fingerprint density at radius 2 is 1.59 bits per heavy atom. The number of carbonyl (C=O) groups is 2. The van der Waals surface area contributed by atoms with Crippen molar-refractivity contribution in [2.75, 3.05) is 34.4 Å². The maximum Gasteiger partial charge on any atom is 0.330 e. The van der Waals surface area contributed by atoms with Gasteiger partial charge in [0.25, 0.3) is 5.91 Å².